The molecule has 2 atom stereocenters. The number of likely N-dealkylation sites (tertiary alicyclic amines) is 1. The first-order valence-electron chi connectivity index (χ1n) is 13.3. The SMILES string of the molecule is Cc1ccc(Cl)cc1N1CCN(c2ncnc3[nH]nc(/C=C4/C[C@@H]5CN(C(=O)O)C[C@@H]5C4)c23)CC1.O=C(O)C(F)(F)F. The second kappa shape index (κ2) is 11.7. The molecule has 2 aliphatic heterocycles. The van der Waals surface area contributed by atoms with E-state index < -0.39 is 18.2 Å². The molecule has 0 bridgehead atoms. The maximum atomic E-state index is 11.3. The second-order valence-corrected chi connectivity index (χ2v) is 11.1. The van der Waals surface area contributed by atoms with Gasteiger partial charge in [-0.05, 0) is 55.4 Å². The highest BCUT2D eigenvalue weighted by Gasteiger charge is 2.40. The number of carboxylic acid groups (broad SMARTS) is 2. The molecule has 0 radical (unpaired) electrons. The van der Waals surface area contributed by atoms with Gasteiger partial charge in [0.25, 0.3) is 0 Å². The molecule has 2 aromatic heterocycles. The molecule has 224 valence electrons. The molecule has 3 aromatic rings. The predicted molar refractivity (Wildman–Crippen MR) is 150 cm³/mol. The number of carboxylic acids is 1. The number of benzene rings is 1. The van der Waals surface area contributed by atoms with Crippen LogP contribution in [-0.2, 0) is 4.79 Å². The van der Waals surface area contributed by atoms with Crippen molar-refractivity contribution >= 4 is 52.3 Å². The first-order chi connectivity index (χ1) is 19.9. The summed E-state index contributed by atoms with van der Waals surface area (Å²) in [7, 11) is 0. The van der Waals surface area contributed by atoms with Gasteiger partial charge in [0.1, 0.15) is 12.1 Å². The molecule has 42 heavy (non-hydrogen) atoms. The molecule has 3 N–H and O–H groups in total. The fourth-order valence-corrected chi connectivity index (χ4v) is 6.08. The maximum absolute atomic E-state index is 11.3. The first kappa shape index (κ1) is 29.4. The lowest BCUT2D eigenvalue weighted by atomic mass is 10.0. The van der Waals surface area contributed by atoms with Gasteiger partial charge in [-0.3, -0.25) is 5.10 Å². The molecule has 1 saturated carbocycles. The van der Waals surface area contributed by atoms with Gasteiger partial charge < -0.3 is 24.9 Å². The molecule has 0 spiro atoms. The van der Waals surface area contributed by atoms with Crippen molar-refractivity contribution in [2.24, 2.45) is 11.8 Å². The monoisotopic (exact) mass is 607 g/mol. The van der Waals surface area contributed by atoms with Crippen molar-refractivity contribution in [1.82, 2.24) is 25.1 Å². The number of aliphatic carboxylic acids is 1. The zero-order chi connectivity index (χ0) is 30.2. The van der Waals surface area contributed by atoms with E-state index in [0.29, 0.717) is 24.9 Å². The molecule has 11 nitrogen and oxygen atoms in total. The first-order valence-corrected chi connectivity index (χ1v) is 13.7. The van der Waals surface area contributed by atoms with E-state index >= 15 is 0 Å². The summed E-state index contributed by atoms with van der Waals surface area (Å²) >= 11 is 6.25. The van der Waals surface area contributed by atoms with Gasteiger partial charge in [-0.2, -0.15) is 18.3 Å². The molecule has 6 rings (SSSR count). The van der Waals surface area contributed by atoms with E-state index in [1.807, 2.05) is 12.1 Å². The number of rotatable bonds is 3. The lowest BCUT2D eigenvalue weighted by molar-refractivity contribution is -0.192. The van der Waals surface area contributed by atoms with Crippen LogP contribution in [0.15, 0.2) is 30.1 Å². The molecular formula is C27H29ClF3N7O4. The number of nitrogens with one attached hydrogen (secondary N) is 1. The highest BCUT2D eigenvalue weighted by Crippen LogP contribution is 2.42. The number of fused-ring (bicyclic) bond motifs is 2. The van der Waals surface area contributed by atoms with Crippen molar-refractivity contribution < 1.29 is 33.0 Å². The van der Waals surface area contributed by atoms with Crippen LogP contribution in [0, 0.1) is 18.8 Å². The summed E-state index contributed by atoms with van der Waals surface area (Å²) in [5.41, 5.74) is 5.35. The topological polar surface area (TPSA) is 139 Å². The molecule has 1 aromatic carbocycles. The second-order valence-electron chi connectivity index (χ2n) is 10.7. The predicted octanol–water partition coefficient (Wildman–Crippen LogP) is 4.68. The third-order valence-electron chi connectivity index (χ3n) is 7.94. The van der Waals surface area contributed by atoms with E-state index in [0.717, 1.165) is 66.6 Å². The number of carbonyl (C=O) groups is 2. The van der Waals surface area contributed by atoms with Crippen LogP contribution in [0.2, 0.25) is 5.02 Å². The Hall–Kier alpha value is -4.07. The average Bonchev–Trinajstić information content (AvgIpc) is 3.64. The number of H-pyrrole nitrogens is 1. The van der Waals surface area contributed by atoms with Crippen LogP contribution in [-0.4, -0.2) is 92.8 Å². The van der Waals surface area contributed by atoms with Gasteiger partial charge in [-0.25, -0.2) is 19.6 Å². The number of nitrogens with zero attached hydrogens (tertiary/aromatic N) is 6. The van der Waals surface area contributed by atoms with Gasteiger partial charge >= 0.3 is 18.2 Å². The number of alkyl halides is 3. The Kier molecular flexibility index (Phi) is 8.17. The van der Waals surface area contributed by atoms with Crippen LogP contribution in [0.5, 0.6) is 0 Å². The Morgan fingerprint density at radius 3 is 2.26 bits per heavy atom. The Bertz CT molecular complexity index is 1510. The van der Waals surface area contributed by atoms with Crippen LogP contribution in [0.25, 0.3) is 17.1 Å². The highest BCUT2D eigenvalue weighted by atomic mass is 35.5. The van der Waals surface area contributed by atoms with Gasteiger partial charge in [0, 0.05) is 50.0 Å². The van der Waals surface area contributed by atoms with Gasteiger partial charge in [-0.15, -0.1) is 0 Å². The Morgan fingerprint density at radius 2 is 1.67 bits per heavy atom. The summed E-state index contributed by atoms with van der Waals surface area (Å²) < 4.78 is 31.7. The quantitative estimate of drug-likeness (QED) is 0.387. The third kappa shape index (κ3) is 6.22. The van der Waals surface area contributed by atoms with Gasteiger partial charge in [0.2, 0.25) is 0 Å². The molecular weight excluding hydrogens is 579 g/mol. The minimum absolute atomic E-state index is 0.404. The van der Waals surface area contributed by atoms with Crippen molar-refractivity contribution in [3.63, 3.8) is 0 Å². The van der Waals surface area contributed by atoms with Crippen molar-refractivity contribution in [1.29, 1.82) is 0 Å². The molecule has 3 fully saturated rings. The summed E-state index contributed by atoms with van der Waals surface area (Å²) in [6, 6.07) is 6.05. The van der Waals surface area contributed by atoms with Crippen LogP contribution >= 0.6 is 11.6 Å². The largest absolute Gasteiger partial charge is 0.490 e. The van der Waals surface area contributed by atoms with E-state index in [4.69, 9.17) is 21.5 Å². The van der Waals surface area contributed by atoms with Crippen LogP contribution in [0.4, 0.5) is 29.5 Å². The molecule has 1 amide bonds. The lowest BCUT2D eigenvalue weighted by Gasteiger charge is -2.37. The van der Waals surface area contributed by atoms with E-state index in [2.05, 4.69) is 49.0 Å². The number of hydrogen-bond donors (Lipinski definition) is 3. The summed E-state index contributed by atoms with van der Waals surface area (Å²) in [6.45, 7) is 6.82. The molecule has 2 saturated heterocycles. The number of anilines is 2. The van der Waals surface area contributed by atoms with Crippen molar-refractivity contribution in [3.05, 3.63) is 46.4 Å². The van der Waals surface area contributed by atoms with Gasteiger partial charge in [0.15, 0.2) is 5.65 Å². The smallest absolute Gasteiger partial charge is 0.475 e. The van der Waals surface area contributed by atoms with Crippen molar-refractivity contribution in [3.8, 4) is 0 Å². The number of amides is 1. The number of hydrogen-bond acceptors (Lipinski definition) is 7. The van der Waals surface area contributed by atoms with Crippen LogP contribution in [0.3, 0.4) is 0 Å². The standard InChI is InChI=1S/C25H28ClN7O2.C2HF3O2/c1-15-2-3-19(26)11-21(15)31-4-6-32(7-5-31)24-22-20(29-30-23(22)27-14-28-24)10-16-8-17-12-33(25(34)35)13-18(17)9-16;3-2(4,5)1(6)7/h2-3,10-11,14,17-18H,4-9,12-13H2,1H3,(H,34,35)(H,27,28,29,30);(H,6,7)/b16-10-;/t17-,18+;/m1./s1. The average molecular weight is 608 g/mol. The Balaban J connectivity index is 0.000000451. The Labute approximate surface area is 243 Å². The summed E-state index contributed by atoms with van der Waals surface area (Å²) in [5.74, 6) is -1.04. The zero-order valence-electron chi connectivity index (χ0n) is 22.6. The summed E-state index contributed by atoms with van der Waals surface area (Å²) in [6.07, 6.45) is -0.287. The number of aromatic amines is 1. The molecule has 4 heterocycles. The number of aryl methyl sites for hydroxylation is 1. The highest BCUT2D eigenvalue weighted by molar-refractivity contribution is 6.30. The van der Waals surface area contributed by atoms with Crippen molar-refractivity contribution in [2.75, 3.05) is 49.1 Å². The fraction of sp³-hybridized carbons (Fsp3) is 0.444. The van der Waals surface area contributed by atoms with E-state index in [1.165, 1.54) is 16.8 Å². The number of piperazine rings is 1. The minimum Gasteiger partial charge on any atom is -0.475 e. The lowest BCUT2D eigenvalue weighted by Crippen LogP contribution is -2.47. The van der Waals surface area contributed by atoms with Crippen LogP contribution < -0.4 is 9.80 Å². The number of aromatic nitrogens is 4. The van der Waals surface area contributed by atoms with E-state index in [9.17, 15) is 23.1 Å². The van der Waals surface area contributed by atoms with Gasteiger partial charge in [-0.1, -0.05) is 23.2 Å². The molecule has 1 aliphatic carbocycles. The summed E-state index contributed by atoms with van der Waals surface area (Å²) in [5, 5.41) is 25.8. The van der Waals surface area contributed by atoms with E-state index in [-0.39, 0.29) is 0 Å². The third-order valence-corrected chi connectivity index (χ3v) is 8.17. The Morgan fingerprint density at radius 1 is 1.05 bits per heavy atom. The van der Waals surface area contributed by atoms with Crippen LogP contribution in [0.1, 0.15) is 24.1 Å². The number of allylic oxidation sites excluding steroid dienone is 1. The normalized spacial score (nSPS) is 21.5. The zero-order valence-corrected chi connectivity index (χ0v) is 23.4. The van der Waals surface area contributed by atoms with E-state index in [1.54, 1.807) is 11.2 Å². The van der Waals surface area contributed by atoms with Crippen molar-refractivity contribution in [2.45, 2.75) is 25.9 Å². The molecule has 0 unspecified atom stereocenters. The maximum Gasteiger partial charge on any atom is 0.490 e. The fourth-order valence-electron chi connectivity index (χ4n) is 5.92. The molecule has 3 aliphatic rings. The van der Waals surface area contributed by atoms with Gasteiger partial charge in [0.05, 0.1) is 11.1 Å². The summed E-state index contributed by atoms with van der Waals surface area (Å²) in [4.78, 5) is 35.5. The number of halogens is 4. The molecule has 15 heteroatoms. The minimum atomic E-state index is -5.08.